The third-order valence-electron chi connectivity index (χ3n) is 2.93. The number of nitriles is 2. The Labute approximate surface area is 128 Å². The first-order valence-electron chi connectivity index (χ1n) is 6.60. The molecule has 5 nitrogen and oxygen atoms in total. The largest absolute Gasteiger partial charge is 0.484 e. The Bertz CT molecular complexity index is 659. The van der Waals surface area contributed by atoms with Crippen molar-refractivity contribution < 1.29 is 9.53 Å². The van der Waals surface area contributed by atoms with Crippen molar-refractivity contribution in [1.82, 2.24) is 5.32 Å². The molecule has 2 rings (SSSR count). The van der Waals surface area contributed by atoms with Crippen molar-refractivity contribution in [3.05, 3.63) is 65.2 Å². The summed E-state index contributed by atoms with van der Waals surface area (Å²) in [5, 5.41) is 20.1. The van der Waals surface area contributed by atoms with Crippen molar-refractivity contribution in [3.63, 3.8) is 0 Å². The van der Waals surface area contributed by atoms with E-state index < -0.39 is 0 Å². The predicted octanol–water partition coefficient (Wildman–Crippen LogP) is 2.13. The lowest BCUT2D eigenvalue weighted by molar-refractivity contribution is -0.123. The van der Waals surface area contributed by atoms with E-state index in [9.17, 15) is 4.79 Å². The lowest BCUT2D eigenvalue weighted by Gasteiger charge is -2.07. The van der Waals surface area contributed by atoms with Crippen molar-refractivity contribution in [2.24, 2.45) is 0 Å². The van der Waals surface area contributed by atoms with Crippen molar-refractivity contribution in [1.29, 1.82) is 10.5 Å². The van der Waals surface area contributed by atoms with E-state index in [1.165, 1.54) is 0 Å². The van der Waals surface area contributed by atoms with Gasteiger partial charge in [0, 0.05) is 6.54 Å². The first kappa shape index (κ1) is 15.1. The Morgan fingerprint density at radius 1 is 0.955 bits per heavy atom. The first-order valence-corrected chi connectivity index (χ1v) is 6.60. The summed E-state index contributed by atoms with van der Waals surface area (Å²) in [5.41, 5.74) is 2.03. The number of amides is 1. The van der Waals surface area contributed by atoms with E-state index in [4.69, 9.17) is 15.3 Å². The van der Waals surface area contributed by atoms with Crippen LogP contribution in [0.25, 0.3) is 0 Å². The van der Waals surface area contributed by atoms with Crippen molar-refractivity contribution in [2.45, 2.75) is 6.54 Å². The molecule has 5 heteroatoms. The number of ether oxygens (including phenoxy) is 1. The number of nitrogens with one attached hydrogen (secondary N) is 1. The highest BCUT2D eigenvalue weighted by Gasteiger charge is 2.03. The average Bonchev–Trinajstić information content (AvgIpc) is 2.59. The third kappa shape index (κ3) is 4.36. The van der Waals surface area contributed by atoms with Gasteiger partial charge in [-0.1, -0.05) is 12.1 Å². The zero-order chi connectivity index (χ0) is 15.8. The van der Waals surface area contributed by atoms with Crippen LogP contribution >= 0.6 is 0 Å². The highest BCUT2D eigenvalue weighted by atomic mass is 16.5. The number of benzene rings is 2. The maximum absolute atomic E-state index is 11.7. The standard InChI is InChI=1S/C17H13N3O2/c18-9-13-1-3-15(4-2-13)11-20-17(21)12-22-16-7-5-14(10-19)6-8-16/h1-8H,11-12H2,(H,20,21). The van der Waals surface area contributed by atoms with Crippen LogP contribution in [0.4, 0.5) is 0 Å². The molecular weight excluding hydrogens is 278 g/mol. The summed E-state index contributed by atoms with van der Waals surface area (Å²) in [6.07, 6.45) is 0. The van der Waals surface area contributed by atoms with Gasteiger partial charge < -0.3 is 10.1 Å². The van der Waals surface area contributed by atoms with Gasteiger partial charge in [-0.3, -0.25) is 4.79 Å². The van der Waals surface area contributed by atoms with E-state index >= 15 is 0 Å². The number of carbonyl (C=O) groups excluding carboxylic acids is 1. The van der Waals surface area contributed by atoms with Crippen molar-refractivity contribution in [2.75, 3.05) is 6.61 Å². The second kappa shape index (κ2) is 7.47. The van der Waals surface area contributed by atoms with Gasteiger partial charge in [0.1, 0.15) is 5.75 Å². The Morgan fingerprint density at radius 2 is 1.50 bits per heavy atom. The topological polar surface area (TPSA) is 85.9 Å². The molecule has 0 bridgehead atoms. The second-order valence-electron chi connectivity index (χ2n) is 4.51. The van der Waals surface area contributed by atoms with Crippen LogP contribution in [0, 0.1) is 22.7 Å². The van der Waals surface area contributed by atoms with Gasteiger partial charge in [0.15, 0.2) is 6.61 Å². The minimum absolute atomic E-state index is 0.0951. The Balaban J connectivity index is 1.77. The summed E-state index contributed by atoms with van der Waals surface area (Å²) < 4.78 is 5.33. The molecule has 0 radical (unpaired) electrons. The van der Waals surface area contributed by atoms with Gasteiger partial charge in [-0.15, -0.1) is 0 Å². The molecule has 0 aliphatic carbocycles. The lowest BCUT2D eigenvalue weighted by Crippen LogP contribution is -2.28. The van der Waals surface area contributed by atoms with E-state index in [0.717, 1.165) is 5.56 Å². The summed E-state index contributed by atoms with van der Waals surface area (Å²) >= 11 is 0. The maximum Gasteiger partial charge on any atom is 0.258 e. The Hall–Kier alpha value is -3.31. The van der Waals surface area contributed by atoms with Crippen LogP contribution in [0.15, 0.2) is 48.5 Å². The average molecular weight is 291 g/mol. The molecule has 108 valence electrons. The molecule has 1 amide bonds. The summed E-state index contributed by atoms with van der Waals surface area (Å²) in [5.74, 6) is 0.293. The number of hydrogen-bond acceptors (Lipinski definition) is 4. The van der Waals surface area contributed by atoms with Crippen LogP contribution < -0.4 is 10.1 Å². The zero-order valence-corrected chi connectivity index (χ0v) is 11.7. The molecule has 0 atom stereocenters. The monoisotopic (exact) mass is 291 g/mol. The van der Waals surface area contributed by atoms with Crippen molar-refractivity contribution in [3.8, 4) is 17.9 Å². The Kier molecular flexibility index (Phi) is 5.12. The van der Waals surface area contributed by atoms with Gasteiger partial charge in [0.25, 0.3) is 5.91 Å². The first-order chi connectivity index (χ1) is 10.7. The van der Waals surface area contributed by atoms with Crippen LogP contribution in [0.5, 0.6) is 5.75 Å². The Morgan fingerprint density at radius 3 is 2.05 bits per heavy atom. The van der Waals surface area contributed by atoms with Gasteiger partial charge in [-0.25, -0.2) is 0 Å². The molecule has 0 fully saturated rings. The van der Waals surface area contributed by atoms with E-state index in [0.29, 0.717) is 23.4 Å². The van der Waals surface area contributed by atoms with Crippen LogP contribution in [0.3, 0.4) is 0 Å². The fourth-order valence-electron chi connectivity index (χ4n) is 1.72. The number of carbonyl (C=O) groups is 1. The molecule has 0 aliphatic heterocycles. The fraction of sp³-hybridized carbons (Fsp3) is 0.118. The molecule has 1 N–H and O–H groups in total. The van der Waals surface area contributed by atoms with Gasteiger partial charge >= 0.3 is 0 Å². The fourth-order valence-corrected chi connectivity index (χ4v) is 1.72. The smallest absolute Gasteiger partial charge is 0.258 e. The van der Waals surface area contributed by atoms with Crippen LogP contribution in [0.2, 0.25) is 0 Å². The van der Waals surface area contributed by atoms with Gasteiger partial charge in [-0.2, -0.15) is 10.5 Å². The minimum atomic E-state index is -0.242. The zero-order valence-electron chi connectivity index (χ0n) is 11.7. The van der Waals surface area contributed by atoms with Crippen LogP contribution in [-0.2, 0) is 11.3 Å². The van der Waals surface area contributed by atoms with E-state index in [2.05, 4.69) is 5.32 Å². The summed E-state index contributed by atoms with van der Waals surface area (Å²) in [6.45, 7) is 0.281. The highest BCUT2D eigenvalue weighted by molar-refractivity contribution is 5.77. The highest BCUT2D eigenvalue weighted by Crippen LogP contribution is 2.11. The molecule has 0 saturated heterocycles. The SMILES string of the molecule is N#Cc1ccc(CNC(=O)COc2ccc(C#N)cc2)cc1. The summed E-state index contributed by atoms with van der Waals surface area (Å²) in [6, 6.07) is 17.6. The van der Waals surface area contributed by atoms with E-state index in [1.54, 1.807) is 48.5 Å². The third-order valence-corrected chi connectivity index (χ3v) is 2.93. The number of hydrogen-bond donors (Lipinski definition) is 1. The molecule has 0 unspecified atom stereocenters. The minimum Gasteiger partial charge on any atom is -0.484 e. The van der Waals surface area contributed by atoms with Gasteiger partial charge in [0.2, 0.25) is 0 Å². The molecule has 0 heterocycles. The predicted molar refractivity (Wildman–Crippen MR) is 79.7 cm³/mol. The molecule has 2 aromatic carbocycles. The molecule has 22 heavy (non-hydrogen) atoms. The molecule has 0 saturated carbocycles. The molecule has 0 spiro atoms. The van der Waals surface area contributed by atoms with E-state index in [1.807, 2.05) is 12.1 Å². The van der Waals surface area contributed by atoms with Crippen LogP contribution in [0.1, 0.15) is 16.7 Å². The summed E-state index contributed by atoms with van der Waals surface area (Å²) in [4.78, 5) is 11.7. The molecule has 2 aromatic rings. The quantitative estimate of drug-likeness (QED) is 0.914. The molecular formula is C17H13N3O2. The van der Waals surface area contributed by atoms with Gasteiger partial charge in [-0.05, 0) is 42.0 Å². The van der Waals surface area contributed by atoms with Crippen LogP contribution in [-0.4, -0.2) is 12.5 Å². The molecule has 0 aromatic heterocycles. The molecule has 0 aliphatic rings. The van der Waals surface area contributed by atoms with Gasteiger partial charge in [0.05, 0.1) is 23.3 Å². The van der Waals surface area contributed by atoms with Crippen molar-refractivity contribution >= 4 is 5.91 Å². The second-order valence-corrected chi connectivity index (χ2v) is 4.51. The van der Waals surface area contributed by atoms with E-state index in [-0.39, 0.29) is 12.5 Å². The number of nitrogens with zero attached hydrogens (tertiary/aromatic N) is 2. The maximum atomic E-state index is 11.7. The lowest BCUT2D eigenvalue weighted by atomic mass is 10.1. The summed E-state index contributed by atoms with van der Waals surface area (Å²) in [7, 11) is 0. The number of rotatable bonds is 5. The normalized spacial score (nSPS) is 9.36.